The fourth-order valence-corrected chi connectivity index (χ4v) is 2.78. The molecule has 1 aliphatic heterocycles. The normalized spacial score (nSPS) is 17.0. The third-order valence-electron chi connectivity index (χ3n) is 4.20. The van der Waals surface area contributed by atoms with Gasteiger partial charge in [0, 0.05) is 38.9 Å². The summed E-state index contributed by atoms with van der Waals surface area (Å²) in [5.74, 6) is 0.887. The standard InChI is InChI=1S/C16H24N6/c1-21-9-11-22(12-10-21)8-3-2-6-17-15-14-5-4-7-18-16(14)20-13-19-15/h4-5,7,13H,2-3,6,8-12H2,1H3,(H,17,18,19,20). The van der Waals surface area contributed by atoms with Gasteiger partial charge in [0.25, 0.3) is 0 Å². The molecular weight excluding hydrogens is 276 g/mol. The number of nitrogens with zero attached hydrogens (tertiary/aromatic N) is 5. The summed E-state index contributed by atoms with van der Waals surface area (Å²) in [5, 5.41) is 4.40. The lowest BCUT2D eigenvalue weighted by molar-refractivity contribution is 0.152. The molecule has 0 saturated carbocycles. The number of anilines is 1. The highest BCUT2D eigenvalue weighted by Gasteiger charge is 2.12. The Labute approximate surface area is 131 Å². The molecule has 2 aromatic heterocycles. The number of unbranched alkanes of at least 4 members (excludes halogenated alkanes) is 1. The van der Waals surface area contributed by atoms with E-state index in [1.54, 1.807) is 12.5 Å². The molecule has 0 bridgehead atoms. The molecule has 0 unspecified atom stereocenters. The van der Waals surface area contributed by atoms with Gasteiger partial charge in [0.2, 0.25) is 0 Å². The number of pyridine rings is 1. The summed E-state index contributed by atoms with van der Waals surface area (Å²) in [6.45, 7) is 6.92. The quantitative estimate of drug-likeness (QED) is 0.815. The maximum atomic E-state index is 4.32. The van der Waals surface area contributed by atoms with E-state index in [2.05, 4.69) is 37.1 Å². The molecule has 6 heteroatoms. The van der Waals surface area contributed by atoms with E-state index in [0.29, 0.717) is 0 Å². The number of piperazine rings is 1. The van der Waals surface area contributed by atoms with E-state index in [1.807, 2.05) is 12.1 Å². The molecule has 0 radical (unpaired) electrons. The Morgan fingerprint density at radius 3 is 2.82 bits per heavy atom. The van der Waals surface area contributed by atoms with E-state index < -0.39 is 0 Å². The molecular formula is C16H24N6. The maximum absolute atomic E-state index is 4.32. The van der Waals surface area contributed by atoms with Crippen LogP contribution in [0.3, 0.4) is 0 Å². The summed E-state index contributed by atoms with van der Waals surface area (Å²) in [5.41, 5.74) is 0.748. The van der Waals surface area contributed by atoms with Crippen LogP contribution >= 0.6 is 0 Å². The van der Waals surface area contributed by atoms with Crippen molar-refractivity contribution in [3.63, 3.8) is 0 Å². The second kappa shape index (κ2) is 7.47. The maximum Gasteiger partial charge on any atom is 0.164 e. The van der Waals surface area contributed by atoms with Crippen LogP contribution in [0.5, 0.6) is 0 Å². The number of nitrogens with one attached hydrogen (secondary N) is 1. The van der Waals surface area contributed by atoms with Crippen LogP contribution in [0.25, 0.3) is 11.0 Å². The molecule has 0 spiro atoms. The summed E-state index contributed by atoms with van der Waals surface area (Å²) >= 11 is 0. The molecule has 6 nitrogen and oxygen atoms in total. The highest BCUT2D eigenvalue weighted by Crippen LogP contribution is 2.16. The van der Waals surface area contributed by atoms with Crippen molar-refractivity contribution in [2.24, 2.45) is 0 Å². The van der Waals surface area contributed by atoms with Gasteiger partial charge in [-0.2, -0.15) is 0 Å². The second-order valence-corrected chi connectivity index (χ2v) is 5.88. The average molecular weight is 300 g/mol. The largest absolute Gasteiger partial charge is 0.369 e. The van der Waals surface area contributed by atoms with Gasteiger partial charge in [-0.3, -0.25) is 0 Å². The molecule has 1 saturated heterocycles. The summed E-state index contributed by atoms with van der Waals surface area (Å²) < 4.78 is 0. The number of likely N-dealkylation sites (N-methyl/N-ethyl adjacent to an activating group) is 1. The minimum atomic E-state index is 0.748. The smallest absolute Gasteiger partial charge is 0.164 e. The minimum absolute atomic E-state index is 0.748. The van der Waals surface area contributed by atoms with Gasteiger partial charge < -0.3 is 15.1 Å². The lowest BCUT2D eigenvalue weighted by Gasteiger charge is -2.32. The first-order valence-electron chi connectivity index (χ1n) is 8.03. The molecule has 1 N–H and O–H groups in total. The van der Waals surface area contributed by atoms with Gasteiger partial charge in [0.05, 0.1) is 5.39 Å². The first-order valence-corrected chi connectivity index (χ1v) is 8.03. The Hall–Kier alpha value is -1.79. The Morgan fingerprint density at radius 2 is 1.95 bits per heavy atom. The van der Waals surface area contributed by atoms with Gasteiger partial charge in [0.1, 0.15) is 12.1 Å². The van der Waals surface area contributed by atoms with Crippen LogP contribution in [0.4, 0.5) is 5.82 Å². The van der Waals surface area contributed by atoms with E-state index in [0.717, 1.165) is 29.8 Å². The highest BCUT2D eigenvalue weighted by atomic mass is 15.2. The van der Waals surface area contributed by atoms with E-state index in [1.165, 1.54) is 39.1 Å². The first kappa shape index (κ1) is 15.1. The van der Waals surface area contributed by atoms with Gasteiger partial charge in [0.15, 0.2) is 5.65 Å². The predicted molar refractivity (Wildman–Crippen MR) is 89.0 cm³/mol. The van der Waals surface area contributed by atoms with Gasteiger partial charge in [-0.1, -0.05) is 0 Å². The van der Waals surface area contributed by atoms with Crippen LogP contribution in [0.15, 0.2) is 24.7 Å². The third kappa shape index (κ3) is 3.90. The van der Waals surface area contributed by atoms with Crippen molar-refractivity contribution in [3.05, 3.63) is 24.7 Å². The van der Waals surface area contributed by atoms with Crippen molar-refractivity contribution in [2.75, 3.05) is 51.6 Å². The zero-order valence-electron chi connectivity index (χ0n) is 13.2. The molecule has 2 aromatic rings. The zero-order valence-corrected chi connectivity index (χ0v) is 13.2. The summed E-state index contributed by atoms with van der Waals surface area (Å²) in [6, 6.07) is 3.93. The monoisotopic (exact) mass is 300 g/mol. The first-order chi connectivity index (χ1) is 10.8. The molecule has 0 aromatic carbocycles. The summed E-state index contributed by atoms with van der Waals surface area (Å²) in [4.78, 5) is 17.7. The Balaban J connectivity index is 1.41. The van der Waals surface area contributed by atoms with Crippen molar-refractivity contribution < 1.29 is 0 Å². The van der Waals surface area contributed by atoms with Gasteiger partial charge >= 0.3 is 0 Å². The summed E-state index contributed by atoms with van der Waals surface area (Å²) in [7, 11) is 2.20. The van der Waals surface area contributed by atoms with Crippen LogP contribution in [0.2, 0.25) is 0 Å². The minimum Gasteiger partial charge on any atom is -0.369 e. The molecule has 3 heterocycles. The van der Waals surface area contributed by atoms with Crippen LogP contribution in [-0.4, -0.2) is 71.1 Å². The van der Waals surface area contributed by atoms with Crippen LogP contribution in [0.1, 0.15) is 12.8 Å². The lowest BCUT2D eigenvalue weighted by Crippen LogP contribution is -2.44. The van der Waals surface area contributed by atoms with E-state index >= 15 is 0 Å². The topological polar surface area (TPSA) is 57.2 Å². The van der Waals surface area contributed by atoms with Crippen molar-refractivity contribution in [3.8, 4) is 0 Å². The van der Waals surface area contributed by atoms with Crippen molar-refractivity contribution in [1.82, 2.24) is 24.8 Å². The molecule has 0 atom stereocenters. The van der Waals surface area contributed by atoms with E-state index in [9.17, 15) is 0 Å². The van der Waals surface area contributed by atoms with E-state index in [-0.39, 0.29) is 0 Å². The third-order valence-corrected chi connectivity index (χ3v) is 4.20. The van der Waals surface area contributed by atoms with Crippen LogP contribution in [-0.2, 0) is 0 Å². The SMILES string of the molecule is CN1CCN(CCCCNc2ncnc3ncccc23)CC1. The molecule has 118 valence electrons. The number of hydrogen-bond donors (Lipinski definition) is 1. The van der Waals surface area contributed by atoms with Gasteiger partial charge in [-0.05, 0) is 38.6 Å². The Bertz CT molecular complexity index is 589. The van der Waals surface area contributed by atoms with Crippen molar-refractivity contribution >= 4 is 16.9 Å². The van der Waals surface area contributed by atoms with Gasteiger partial charge in [-0.25, -0.2) is 15.0 Å². The number of hydrogen-bond acceptors (Lipinski definition) is 6. The molecule has 0 amide bonds. The average Bonchev–Trinajstić information content (AvgIpc) is 2.56. The van der Waals surface area contributed by atoms with E-state index in [4.69, 9.17) is 0 Å². The molecule has 1 fully saturated rings. The second-order valence-electron chi connectivity index (χ2n) is 5.88. The fraction of sp³-hybridized carbons (Fsp3) is 0.562. The number of fused-ring (bicyclic) bond motifs is 1. The molecule has 3 rings (SSSR count). The van der Waals surface area contributed by atoms with Crippen molar-refractivity contribution in [2.45, 2.75) is 12.8 Å². The Kier molecular flexibility index (Phi) is 5.13. The predicted octanol–water partition coefficient (Wildman–Crippen LogP) is 1.46. The van der Waals surface area contributed by atoms with Crippen LogP contribution in [0, 0.1) is 0 Å². The summed E-state index contributed by atoms with van der Waals surface area (Å²) in [6.07, 6.45) is 5.70. The lowest BCUT2D eigenvalue weighted by atomic mass is 10.2. The molecule has 0 aliphatic carbocycles. The Morgan fingerprint density at radius 1 is 1.09 bits per heavy atom. The number of aromatic nitrogens is 3. The number of rotatable bonds is 6. The zero-order chi connectivity index (χ0) is 15.2. The van der Waals surface area contributed by atoms with Crippen molar-refractivity contribution in [1.29, 1.82) is 0 Å². The highest BCUT2D eigenvalue weighted by molar-refractivity contribution is 5.85. The van der Waals surface area contributed by atoms with Gasteiger partial charge in [-0.15, -0.1) is 0 Å². The molecule has 22 heavy (non-hydrogen) atoms. The molecule has 1 aliphatic rings. The van der Waals surface area contributed by atoms with Crippen LogP contribution < -0.4 is 5.32 Å². The fourth-order valence-electron chi connectivity index (χ4n) is 2.78.